The molecule has 0 unspecified atom stereocenters. The molecule has 0 radical (unpaired) electrons. The Bertz CT molecular complexity index is 1130. The Balaban J connectivity index is 1.71. The fourth-order valence-corrected chi connectivity index (χ4v) is 3.18. The monoisotopic (exact) mass is 410 g/mol. The molecule has 3 heterocycles. The van der Waals surface area contributed by atoms with Crippen molar-refractivity contribution >= 4 is 33.3 Å². The highest BCUT2D eigenvalue weighted by Gasteiger charge is 2.16. The van der Waals surface area contributed by atoms with Crippen LogP contribution in [0.3, 0.4) is 0 Å². The number of aryl methyl sites for hydroxylation is 2. The van der Waals surface area contributed by atoms with Crippen LogP contribution in [0.5, 0.6) is 0 Å². The second-order valence-electron chi connectivity index (χ2n) is 5.88. The SMILES string of the molecule is Cc1cc(NC(=O)c2cnc3ccnn3c2C)n(-c2cccc(Br)c2)n1. The zero-order valence-corrected chi connectivity index (χ0v) is 15.7. The van der Waals surface area contributed by atoms with Gasteiger partial charge in [0.05, 0.1) is 28.8 Å². The van der Waals surface area contributed by atoms with E-state index in [9.17, 15) is 4.79 Å². The Morgan fingerprint density at radius 3 is 2.85 bits per heavy atom. The van der Waals surface area contributed by atoms with Crippen LogP contribution in [0.4, 0.5) is 5.82 Å². The van der Waals surface area contributed by atoms with E-state index in [-0.39, 0.29) is 5.91 Å². The summed E-state index contributed by atoms with van der Waals surface area (Å²) in [5, 5.41) is 11.6. The van der Waals surface area contributed by atoms with Crippen LogP contribution in [-0.4, -0.2) is 30.3 Å². The van der Waals surface area contributed by atoms with E-state index in [1.54, 1.807) is 27.7 Å². The van der Waals surface area contributed by atoms with E-state index in [4.69, 9.17) is 0 Å². The summed E-state index contributed by atoms with van der Waals surface area (Å²) in [6, 6.07) is 11.3. The third-order valence-corrected chi connectivity index (χ3v) is 4.52. The number of amides is 1. The van der Waals surface area contributed by atoms with E-state index in [2.05, 4.69) is 36.4 Å². The molecule has 3 aromatic heterocycles. The number of carbonyl (C=O) groups excluding carboxylic acids is 1. The number of aromatic nitrogens is 5. The third kappa shape index (κ3) is 2.88. The van der Waals surface area contributed by atoms with Crippen molar-refractivity contribution in [2.24, 2.45) is 0 Å². The number of benzene rings is 1. The fraction of sp³-hybridized carbons (Fsp3) is 0.111. The van der Waals surface area contributed by atoms with Gasteiger partial charge in [0.25, 0.3) is 5.91 Å². The van der Waals surface area contributed by atoms with Crippen LogP contribution < -0.4 is 5.32 Å². The number of halogens is 1. The van der Waals surface area contributed by atoms with Crippen molar-refractivity contribution < 1.29 is 4.79 Å². The predicted octanol–water partition coefficient (Wildman–Crippen LogP) is 3.55. The maximum absolute atomic E-state index is 12.8. The standard InChI is InChI=1S/C18H15BrN6O/c1-11-8-17(25(23-11)14-5-3-4-13(19)9-14)22-18(26)15-10-20-16-6-7-21-24(16)12(15)2/h3-10H,1-2H3,(H,22,26). The number of nitrogens with zero attached hydrogens (tertiary/aromatic N) is 5. The number of rotatable bonds is 3. The molecule has 0 saturated carbocycles. The molecule has 130 valence electrons. The minimum Gasteiger partial charge on any atom is -0.306 e. The molecule has 4 rings (SSSR count). The molecule has 0 aliphatic heterocycles. The molecule has 1 N–H and O–H groups in total. The lowest BCUT2D eigenvalue weighted by molar-refractivity contribution is 0.102. The van der Waals surface area contributed by atoms with Gasteiger partial charge in [-0.15, -0.1) is 0 Å². The average Bonchev–Trinajstić information content (AvgIpc) is 3.22. The van der Waals surface area contributed by atoms with Crippen LogP contribution in [0.1, 0.15) is 21.7 Å². The zero-order chi connectivity index (χ0) is 18.3. The molecule has 26 heavy (non-hydrogen) atoms. The molecule has 0 aliphatic rings. The lowest BCUT2D eigenvalue weighted by Crippen LogP contribution is -2.18. The van der Waals surface area contributed by atoms with Crippen molar-refractivity contribution in [1.82, 2.24) is 24.4 Å². The Labute approximate surface area is 157 Å². The summed E-state index contributed by atoms with van der Waals surface area (Å²) < 4.78 is 4.28. The van der Waals surface area contributed by atoms with Gasteiger partial charge in [0.2, 0.25) is 0 Å². The third-order valence-electron chi connectivity index (χ3n) is 4.03. The van der Waals surface area contributed by atoms with Gasteiger partial charge in [-0.05, 0) is 32.0 Å². The van der Waals surface area contributed by atoms with Crippen LogP contribution in [0.15, 0.2) is 53.3 Å². The highest BCUT2D eigenvalue weighted by molar-refractivity contribution is 9.10. The van der Waals surface area contributed by atoms with Gasteiger partial charge < -0.3 is 5.32 Å². The van der Waals surface area contributed by atoms with Gasteiger partial charge in [0, 0.05) is 22.8 Å². The zero-order valence-electron chi connectivity index (χ0n) is 14.1. The summed E-state index contributed by atoms with van der Waals surface area (Å²) in [6.07, 6.45) is 3.22. The molecule has 0 fully saturated rings. The van der Waals surface area contributed by atoms with Crippen LogP contribution in [0, 0.1) is 13.8 Å². The Kier molecular flexibility index (Phi) is 4.04. The van der Waals surface area contributed by atoms with Crippen molar-refractivity contribution in [1.29, 1.82) is 0 Å². The number of fused-ring (bicyclic) bond motifs is 1. The molecule has 4 aromatic rings. The van der Waals surface area contributed by atoms with Crippen LogP contribution in [-0.2, 0) is 0 Å². The highest BCUT2D eigenvalue weighted by atomic mass is 79.9. The van der Waals surface area contributed by atoms with Crippen LogP contribution in [0.2, 0.25) is 0 Å². The second kappa shape index (κ2) is 6.38. The van der Waals surface area contributed by atoms with Crippen LogP contribution >= 0.6 is 15.9 Å². The molecular weight excluding hydrogens is 396 g/mol. The Hall–Kier alpha value is -3.00. The molecule has 0 bridgehead atoms. The average molecular weight is 411 g/mol. The topological polar surface area (TPSA) is 77.1 Å². The first-order chi connectivity index (χ1) is 12.5. The first-order valence-corrected chi connectivity index (χ1v) is 8.75. The summed E-state index contributed by atoms with van der Waals surface area (Å²) in [5.41, 5.74) is 3.54. The molecule has 7 nitrogen and oxygen atoms in total. The minimum atomic E-state index is -0.261. The fourth-order valence-electron chi connectivity index (χ4n) is 2.79. The van der Waals surface area contributed by atoms with Crippen molar-refractivity contribution in [2.75, 3.05) is 5.32 Å². The molecular formula is C18H15BrN6O. The second-order valence-corrected chi connectivity index (χ2v) is 6.79. The lowest BCUT2D eigenvalue weighted by Gasteiger charge is -2.11. The quantitative estimate of drug-likeness (QED) is 0.560. The van der Waals surface area contributed by atoms with Gasteiger partial charge in [-0.1, -0.05) is 22.0 Å². The first kappa shape index (κ1) is 16.5. The summed E-state index contributed by atoms with van der Waals surface area (Å²) >= 11 is 3.46. The van der Waals surface area contributed by atoms with E-state index in [1.165, 1.54) is 0 Å². The maximum atomic E-state index is 12.8. The van der Waals surface area contributed by atoms with Gasteiger partial charge in [0.15, 0.2) is 5.65 Å². The molecule has 8 heteroatoms. The summed E-state index contributed by atoms with van der Waals surface area (Å²) in [6.45, 7) is 3.72. The summed E-state index contributed by atoms with van der Waals surface area (Å²) in [4.78, 5) is 17.1. The number of anilines is 1. The van der Waals surface area contributed by atoms with E-state index in [0.717, 1.165) is 21.5 Å². The van der Waals surface area contributed by atoms with E-state index in [0.29, 0.717) is 17.0 Å². The van der Waals surface area contributed by atoms with Crippen LogP contribution in [0.25, 0.3) is 11.3 Å². The normalized spacial score (nSPS) is 11.0. The predicted molar refractivity (Wildman–Crippen MR) is 102 cm³/mol. The molecule has 0 atom stereocenters. The summed E-state index contributed by atoms with van der Waals surface area (Å²) in [7, 11) is 0. The molecule has 1 aromatic carbocycles. The smallest absolute Gasteiger partial charge is 0.260 e. The molecule has 1 amide bonds. The number of nitrogens with one attached hydrogen (secondary N) is 1. The van der Waals surface area contributed by atoms with Crippen molar-refractivity contribution in [3.8, 4) is 5.69 Å². The first-order valence-electron chi connectivity index (χ1n) is 7.96. The van der Waals surface area contributed by atoms with Gasteiger partial charge in [0.1, 0.15) is 5.82 Å². The Morgan fingerprint density at radius 2 is 2.04 bits per heavy atom. The maximum Gasteiger partial charge on any atom is 0.260 e. The summed E-state index contributed by atoms with van der Waals surface area (Å²) in [5.74, 6) is 0.328. The molecule has 0 saturated heterocycles. The van der Waals surface area contributed by atoms with E-state index in [1.807, 2.05) is 44.2 Å². The van der Waals surface area contributed by atoms with E-state index >= 15 is 0 Å². The molecule has 0 spiro atoms. The van der Waals surface area contributed by atoms with Gasteiger partial charge in [-0.25, -0.2) is 14.2 Å². The Morgan fingerprint density at radius 1 is 1.19 bits per heavy atom. The number of hydrogen-bond acceptors (Lipinski definition) is 4. The lowest BCUT2D eigenvalue weighted by atomic mass is 10.2. The molecule has 0 aliphatic carbocycles. The largest absolute Gasteiger partial charge is 0.306 e. The van der Waals surface area contributed by atoms with Crippen molar-refractivity contribution in [3.63, 3.8) is 0 Å². The van der Waals surface area contributed by atoms with E-state index < -0.39 is 0 Å². The number of carbonyl (C=O) groups is 1. The van der Waals surface area contributed by atoms with Gasteiger partial charge in [-0.3, -0.25) is 4.79 Å². The van der Waals surface area contributed by atoms with Crippen molar-refractivity contribution in [3.05, 3.63) is 70.2 Å². The van der Waals surface area contributed by atoms with Crippen molar-refractivity contribution in [2.45, 2.75) is 13.8 Å². The number of hydrogen-bond donors (Lipinski definition) is 1. The van der Waals surface area contributed by atoms with Gasteiger partial charge in [-0.2, -0.15) is 10.2 Å². The highest BCUT2D eigenvalue weighted by Crippen LogP contribution is 2.21. The minimum absolute atomic E-state index is 0.261. The van der Waals surface area contributed by atoms with Gasteiger partial charge >= 0.3 is 0 Å².